The largest absolute Gasteiger partial charge is 0.434 e. The number of rotatable bonds is 10. The molecular formula is C17H25F3N6O4. The van der Waals surface area contributed by atoms with Crippen LogP contribution >= 0.6 is 0 Å². The molecular weight excluding hydrogens is 409 g/mol. The van der Waals surface area contributed by atoms with Gasteiger partial charge >= 0.3 is 6.18 Å². The lowest BCUT2D eigenvalue weighted by Gasteiger charge is -2.24. The lowest BCUT2D eigenvalue weighted by Crippen LogP contribution is -2.46. The fraction of sp³-hybridized carbons (Fsp3) is 0.588. The van der Waals surface area contributed by atoms with E-state index in [9.17, 15) is 32.8 Å². The van der Waals surface area contributed by atoms with Crippen LogP contribution in [0.25, 0.3) is 0 Å². The minimum Gasteiger partial charge on any atom is -0.345 e. The molecule has 168 valence electrons. The molecule has 1 atom stereocenters. The van der Waals surface area contributed by atoms with Crippen molar-refractivity contribution >= 4 is 24.2 Å². The smallest absolute Gasteiger partial charge is 0.345 e. The summed E-state index contributed by atoms with van der Waals surface area (Å²) in [5.74, 6) is 2.06. The van der Waals surface area contributed by atoms with Crippen LogP contribution in [0.1, 0.15) is 48.7 Å². The molecule has 1 aromatic rings. The standard InChI is InChI=1S/C17H25F3N6O4/c1-4-5-6-7-11(9-25(30)10-27)14(28)26(21)16-22-8-12(15(29)24(2)3)13(23-16)17(18,19)20/h8,10-11,30H,4-7,9,21H2,1-3H3/t11-/m1/s1. The van der Waals surface area contributed by atoms with Gasteiger partial charge in [-0.2, -0.15) is 13.2 Å². The molecule has 0 aromatic carbocycles. The van der Waals surface area contributed by atoms with Crippen LogP contribution in [0, 0.1) is 5.92 Å². The van der Waals surface area contributed by atoms with Crippen LogP contribution in [-0.4, -0.2) is 64.0 Å². The zero-order valence-corrected chi connectivity index (χ0v) is 16.9. The molecule has 3 N–H and O–H groups in total. The predicted octanol–water partition coefficient (Wildman–Crippen LogP) is 1.45. The first-order valence-corrected chi connectivity index (χ1v) is 9.09. The fourth-order valence-corrected chi connectivity index (χ4v) is 2.60. The van der Waals surface area contributed by atoms with Crippen LogP contribution in [-0.2, 0) is 15.8 Å². The second kappa shape index (κ2) is 10.8. The van der Waals surface area contributed by atoms with Crippen molar-refractivity contribution in [2.75, 3.05) is 25.6 Å². The summed E-state index contributed by atoms with van der Waals surface area (Å²) in [6.45, 7) is 1.53. The van der Waals surface area contributed by atoms with E-state index in [1.807, 2.05) is 6.92 Å². The Kier molecular flexibility index (Phi) is 9.11. The Morgan fingerprint density at radius 3 is 2.43 bits per heavy atom. The Morgan fingerprint density at radius 2 is 1.93 bits per heavy atom. The summed E-state index contributed by atoms with van der Waals surface area (Å²) >= 11 is 0. The number of carbonyl (C=O) groups excluding carboxylic acids is 3. The summed E-state index contributed by atoms with van der Waals surface area (Å²) in [4.78, 5) is 43.2. The topological polar surface area (TPSA) is 133 Å². The zero-order valence-electron chi connectivity index (χ0n) is 16.9. The van der Waals surface area contributed by atoms with Gasteiger partial charge in [-0.25, -0.2) is 25.9 Å². The summed E-state index contributed by atoms with van der Waals surface area (Å²) in [6, 6.07) is 0. The SMILES string of the molecule is CCCCC[C@H](CN(O)C=O)C(=O)N(N)c1ncc(C(=O)N(C)C)c(C(F)(F)F)n1. The monoisotopic (exact) mass is 434 g/mol. The Morgan fingerprint density at radius 1 is 1.30 bits per heavy atom. The summed E-state index contributed by atoms with van der Waals surface area (Å²) in [5, 5.41) is 10.00. The quantitative estimate of drug-likeness (QED) is 0.142. The van der Waals surface area contributed by atoms with Gasteiger partial charge in [0.05, 0.1) is 18.0 Å². The van der Waals surface area contributed by atoms with E-state index >= 15 is 0 Å². The maximum Gasteiger partial charge on any atom is 0.434 e. The molecule has 0 aliphatic carbocycles. The summed E-state index contributed by atoms with van der Waals surface area (Å²) in [5.41, 5.74) is -2.33. The van der Waals surface area contributed by atoms with Gasteiger partial charge in [0, 0.05) is 20.3 Å². The maximum absolute atomic E-state index is 13.4. The van der Waals surface area contributed by atoms with E-state index in [2.05, 4.69) is 9.97 Å². The van der Waals surface area contributed by atoms with Crippen LogP contribution < -0.4 is 10.9 Å². The third kappa shape index (κ3) is 6.62. The third-order valence-corrected chi connectivity index (χ3v) is 4.17. The average molecular weight is 434 g/mol. The first-order chi connectivity index (χ1) is 13.9. The second-order valence-corrected chi connectivity index (χ2v) is 6.76. The summed E-state index contributed by atoms with van der Waals surface area (Å²) in [6.07, 6.45) is -1.85. The number of amides is 3. The van der Waals surface area contributed by atoms with Gasteiger partial charge in [-0.1, -0.05) is 26.2 Å². The van der Waals surface area contributed by atoms with Crippen molar-refractivity contribution in [1.82, 2.24) is 19.9 Å². The van der Waals surface area contributed by atoms with Crippen molar-refractivity contribution in [1.29, 1.82) is 0 Å². The van der Waals surface area contributed by atoms with Gasteiger partial charge < -0.3 is 4.90 Å². The molecule has 1 heterocycles. The highest BCUT2D eigenvalue weighted by Crippen LogP contribution is 2.31. The minimum atomic E-state index is -5.00. The van der Waals surface area contributed by atoms with Crippen molar-refractivity contribution in [3.8, 4) is 0 Å². The molecule has 3 amide bonds. The molecule has 10 nitrogen and oxygen atoms in total. The van der Waals surface area contributed by atoms with Crippen LogP contribution in [0.15, 0.2) is 6.20 Å². The molecule has 0 saturated carbocycles. The van der Waals surface area contributed by atoms with E-state index in [1.54, 1.807) is 0 Å². The van der Waals surface area contributed by atoms with Crippen LogP contribution in [0.2, 0.25) is 0 Å². The number of unbranched alkanes of at least 4 members (excludes halogenated alkanes) is 2. The molecule has 1 aromatic heterocycles. The highest BCUT2D eigenvalue weighted by molar-refractivity contribution is 5.96. The summed E-state index contributed by atoms with van der Waals surface area (Å²) in [7, 11) is 2.54. The molecule has 13 heteroatoms. The van der Waals surface area contributed by atoms with Crippen molar-refractivity contribution in [3.05, 3.63) is 17.5 Å². The molecule has 0 radical (unpaired) electrons. The average Bonchev–Trinajstić information content (AvgIpc) is 2.70. The van der Waals surface area contributed by atoms with E-state index in [0.29, 0.717) is 17.6 Å². The van der Waals surface area contributed by atoms with Gasteiger partial charge in [0.15, 0.2) is 5.69 Å². The first kappa shape index (κ1) is 25.2. The van der Waals surface area contributed by atoms with E-state index in [4.69, 9.17) is 5.84 Å². The number of anilines is 1. The number of hydroxylamine groups is 2. The molecule has 0 fully saturated rings. The lowest BCUT2D eigenvalue weighted by atomic mass is 10.00. The number of aromatic nitrogens is 2. The normalized spacial score (nSPS) is 12.3. The molecule has 30 heavy (non-hydrogen) atoms. The highest BCUT2D eigenvalue weighted by Gasteiger charge is 2.39. The molecule has 0 spiro atoms. The lowest BCUT2D eigenvalue weighted by molar-refractivity contribution is -0.154. The van der Waals surface area contributed by atoms with E-state index in [-0.39, 0.29) is 17.9 Å². The minimum absolute atomic E-state index is 0.0981. The van der Waals surface area contributed by atoms with Gasteiger partial charge in [-0.15, -0.1) is 0 Å². The predicted molar refractivity (Wildman–Crippen MR) is 98.9 cm³/mol. The van der Waals surface area contributed by atoms with Gasteiger partial charge in [0.1, 0.15) is 0 Å². The molecule has 0 aliphatic heterocycles. The zero-order chi connectivity index (χ0) is 23.1. The van der Waals surface area contributed by atoms with Crippen molar-refractivity contribution in [2.24, 2.45) is 11.8 Å². The number of carbonyl (C=O) groups is 3. The van der Waals surface area contributed by atoms with Gasteiger partial charge in [-0.3, -0.25) is 19.6 Å². The molecule has 1 rings (SSSR count). The Labute approximate surface area is 171 Å². The number of nitrogens with two attached hydrogens (primary N) is 1. The van der Waals surface area contributed by atoms with Gasteiger partial charge in [0.2, 0.25) is 18.3 Å². The number of nitrogens with zero attached hydrogens (tertiary/aromatic N) is 5. The van der Waals surface area contributed by atoms with Crippen LogP contribution in [0.4, 0.5) is 19.1 Å². The molecule has 0 aliphatic rings. The van der Waals surface area contributed by atoms with Crippen LogP contribution in [0.5, 0.6) is 0 Å². The van der Waals surface area contributed by atoms with E-state index in [0.717, 1.165) is 17.7 Å². The highest BCUT2D eigenvalue weighted by atomic mass is 19.4. The Balaban J connectivity index is 3.25. The van der Waals surface area contributed by atoms with Crippen LogP contribution in [0.3, 0.4) is 0 Å². The second-order valence-electron chi connectivity index (χ2n) is 6.76. The van der Waals surface area contributed by atoms with Crippen molar-refractivity contribution in [3.63, 3.8) is 0 Å². The number of hydrazine groups is 1. The molecule has 0 bridgehead atoms. The van der Waals surface area contributed by atoms with Crippen molar-refractivity contribution < 1.29 is 32.8 Å². The van der Waals surface area contributed by atoms with Gasteiger partial charge in [0.25, 0.3) is 5.91 Å². The number of hydrogen-bond acceptors (Lipinski definition) is 7. The van der Waals surface area contributed by atoms with E-state index < -0.39 is 47.7 Å². The number of hydrogen-bond donors (Lipinski definition) is 2. The molecule has 0 unspecified atom stereocenters. The third-order valence-electron chi connectivity index (χ3n) is 4.17. The van der Waals surface area contributed by atoms with E-state index in [1.165, 1.54) is 14.1 Å². The van der Waals surface area contributed by atoms with Crippen molar-refractivity contribution in [2.45, 2.75) is 38.8 Å². The summed E-state index contributed by atoms with van der Waals surface area (Å²) < 4.78 is 40.2. The first-order valence-electron chi connectivity index (χ1n) is 9.09. The fourth-order valence-electron chi connectivity index (χ4n) is 2.60. The number of alkyl halides is 3. The Hall–Kier alpha value is -2.80. The Bertz CT molecular complexity index is 759. The van der Waals surface area contributed by atoms with Gasteiger partial charge in [-0.05, 0) is 6.42 Å². The maximum atomic E-state index is 13.4. The number of halogens is 3. The molecule has 0 saturated heterocycles.